The van der Waals surface area contributed by atoms with Gasteiger partial charge in [0.25, 0.3) is 0 Å². The number of halogens is 6. The Morgan fingerprint density at radius 3 is 2.04 bits per heavy atom. The maximum atomic E-state index is 12.4. The van der Waals surface area contributed by atoms with E-state index in [0.717, 1.165) is 24.3 Å². The van der Waals surface area contributed by atoms with Crippen molar-refractivity contribution in [3.8, 4) is 28.4 Å². The van der Waals surface area contributed by atoms with E-state index >= 15 is 0 Å². The molecule has 0 spiro atoms. The lowest BCUT2D eigenvalue weighted by molar-refractivity contribution is -0.275. The van der Waals surface area contributed by atoms with Crippen molar-refractivity contribution in [1.82, 2.24) is 0 Å². The number of hydrogen-bond donors (Lipinski definition) is 1. The molecule has 0 saturated carbocycles. The molecule has 9 heteroatoms. The summed E-state index contributed by atoms with van der Waals surface area (Å²) in [7, 11) is 0. The molecule has 3 nitrogen and oxygen atoms in total. The van der Waals surface area contributed by atoms with Gasteiger partial charge in [0.15, 0.2) is 0 Å². The standard InChI is InChI=1S/C14H8F6O3/c15-13(16,17)22-10-3-1-2-8(6-10)11-5-4-9(21)7-12(11)23-14(18,19)20/h1-7,21H. The van der Waals surface area contributed by atoms with Crippen LogP contribution in [0, 0.1) is 0 Å². The van der Waals surface area contributed by atoms with Gasteiger partial charge in [0.2, 0.25) is 0 Å². The highest BCUT2D eigenvalue weighted by atomic mass is 19.4. The minimum absolute atomic E-state index is 0.00833. The van der Waals surface area contributed by atoms with E-state index in [0.29, 0.717) is 6.07 Å². The van der Waals surface area contributed by atoms with Crippen LogP contribution in [-0.4, -0.2) is 17.8 Å². The van der Waals surface area contributed by atoms with Crippen LogP contribution in [0.5, 0.6) is 17.2 Å². The van der Waals surface area contributed by atoms with Crippen LogP contribution in [0.1, 0.15) is 0 Å². The van der Waals surface area contributed by atoms with Gasteiger partial charge in [-0.25, -0.2) is 0 Å². The van der Waals surface area contributed by atoms with Gasteiger partial charge >= 0.3 is 12.7 Å². The fourth-order valence-electron chi connectivity index (χ4n) is 1.82. The third-order valence-electron chi connectivity index (χ3n) is 2.57. The lowest BCUT2D eigenvalue weighted by Crippen LogP contribution is -2.18. The molecule has 0 aromatic heterocycles. The summed E-state index contributed by atoms with van der Waals surface area (Å²) in [5.74, 6) is -1.83. The molecule has 0 aliphatic rings. The summed E-state index contributed by atoms with van der Waals surface area (Å²) in [5, 5.41) is 9.27. The van der Waals surface area contributed by atoms with Crippen LogP contribution in [0.15, 0.2) is 42.5 Å². The number of ether oxygens (including phenoxy) is 2. The molecule has 0 saturated heterocycles. The van der Waals surface area contributed by atoms with Gasteiger partial charge in [0.1, 0.15) is 17.2 Å². The second kappa shape index (κ2) is 5.90. The molecule has 124 valence electrons. The molecule has 0 radical (unpaired) electrons. The number of rotatable bonds is 3. The SMILES string of the molecule is Oc1ccc(-c2cccc(OC(F)(F)F)c2)c(OC(F)(F)F)c1. The topological polar surface area (TPSA) is 38.7 Å². The van der Waals surface area contributed by atoms with Crippen LogP contribution in [0.25, 0.3) is 11.1 Å². The molecule has 0 bridgehead atoms. The van der Waals surface area contributed by atoms with Crippen molar-refractivity contribution in [2.75, 3.05) is 0 Å². The highest BCUT2D eigenvalue weighted by molar-refractivity contribution is 5.72. The minimum Gasteiger partial charge on any atom is -0.508 e. The zero-order valence-electron chi connectivity index (χ0n) is 11.1. The van der Waals surface area contributed by atoms with Crippen molar-refractivity contribution in [1.29, 1.82) is 0 Å². The molecular weight excluding hydrogens is 330 g/mol. The van der Waals surface area contributed by atoms with Gasteiger partial charge in [0, 0.05) is 11.6 Å². The molecule has 1 N–H and O–H groups in total. The Labute approximate surface area is 125 Å². The first-order valence-electron chi connectivity index (χ1n) is 5.98. The number of hydrogen-bond acceptors (Lipinski definition) is 3. The molecule has 0 heterocycles. The highest BCUT2D eigenvalue weighted by Crippen LogP contribution is 2.38. The molecule has 0 aliphatic heterocycles. The average molecular weight is 338 g/mol. The fourth-order valence-corrected chi connectivity index (χ4v) is 1.82. The Kier molecular flexibility index (Phi) is 4.31. The smallest absolute Gasteiger partial charge is 0.508 e. The van der Waals surface area contributed by atoms with Crippen LogP contribution in [0.3, 0.4) is 0 Å². The number of aromatic hydroxyl groups is 1. The third-order valence-corrected chi connectivity index (χ3v) is 2.57. The second-order valence-corrected chi connectivity index (χ2v) is 4.30. The van der Waals surface area contributed by atoms with Crippen LogP contribution in [-0.2, 0) is 0 Å². The van der Waals surface area contributed by atoms with Crippen LogP contribution in [0.4, 0.5) is 26.3 Å². The third kappa shape index (κ3) is 4.97. The molecule has 0 fully saturated rings. The van der Waals surface area contributed by atoms with E-state index in [9.17, 15) is 31.4 Å². The van der Waals surface area contributed by atoms with E-state index in [2.05, 4.69) is 9.47 Å². The predicted octanol–water partition coefficient (Wildman–Crippen LogP) is 4.86. The van der Waals surface area contributed by atoms with E-state index < -0.39 is 30.0 Å². The Morgan fingerprint density at radius 1 is 0.783 bits per heavy atom. The lowest BCUT2D eigenvalue weighted by Gasteiger charge is -2.15. The second-order valence-electron chi connectivity index (χ2n) is 4.30. The quantitative estimate of drug-likeness (QED) is 0.813. The highest BCUT2D eigenvalue weighted by Gasteiger charge is 2.33. The zero-order valence-corrected chi connectivity index (χ0v) is 11.1. The molecule has 2 aromatic carbocycles. The van der Waals surface area contributed by atoms with E-state index in [4.69, 9.17) is 0 Å². The molecule has 0 aliphatic carbocycles. The zero-order chi connectivity index (χ0) is 17.3. The van der Waals surface area contributed by atoms with Gasteiger partial charge in [-0.05, 0) is 29.8 Å². The molecular formula is C14H8F6O3. The first-order valence-corrected chi connectivity index (χ1v) is 5.98. The first kappa shape index (κ1) is 16.8. The fraction of sp³-hybridized carbons (Fsp3) is 0.143. The summed E-state index contributed by atoms with van der Waals surface area (Å²) in [6, 6.07) is 7.24. The molecule has 0 atom stereocenters. The van der Waals surface area contributed by atoms with Crippen LogP contribution < -0.4 is 9.47 Å². The summed E-state index contributed by atoms with van der Waals surface area (Å²) >= 11 is 0. The summed E-state index contributed by atoms with van der Waals surface area (Å²) in [6.45, 7) is 0. The normalized spacial score (nSPS) is 12.1. The predicted molar refractivity (Wildman–Crippen MR) is 66.9 cm³/mol. The number of phenolic OH excluding ortho intramolecular Hbond substituents is 1. The van der Waals surface area contributed by atoms with Crippen LogP contribution in [0.2, 0.25) is 0 Å². The summed E-state index contributed by atoms with van der Waals surface area (Å²) < 4.78 is 81.3. The minimum atomic E-state index is -5.03. The van der Waals surface area contributed by atoms with Crippen molar-refractivity contribution in [3.63, 3.8) is 0 Å². The van der Waals surface area contributed by atoms with Crippen molar-refractivity contribution in [2.45, 2.75) is 12.7 Å². The van der Waals surface area contributed by atoms with Gasteiger partial charge in [-0.1, -0.05) is 12.1 Å². The Balaban J connectivity index is 2.44. The molecule has 2 aromatic rings. The Morgan fingerprint density at radius 2 is 1.43 bits per heavy atom. The monoisotopic (exact) mass is 338 g/mol. The van der Waals surface area contributed by atoms with Gasteiger partial charge in [-0.15, -0.1) is 26.3 Å². The van der Waals surface area contributed by atoms with E-state index in [1.807, 2.05) is 0 Å². The number of alkyl halides is 6. The number of benzene rings is 2. The van der Waals surface area contributed by atoms with Crippen molar-refractivity contribution in [3.05, 3.63) is 42.5 Å². The molecule has 0 unspecified atom stereocenters. The lowest BCUT2D eigenvalue weighted by atomic mass is 10.0. The van der Waals surface area contributed by atoms with E-state index in [1.54, 1.807) is 0 Å². The summed E-state index contributed by atoms with van der Waals surface area (Å²) in [5.41, 5.74) is -0.168. The van der Waals surface area contributed by atoms with Crippen molar-refractivity contribution >= 4 is 0 Å². The first-order chi connectivity index (χ1) is 10.5. The van der Waals surface area contributed by atoms with E-state index in [-0.39, 0.29) is 11.1 Å². The maximum absolute atomic E-state index is 12.4. The Bertz CT molecular complexity index is 694. The van der Waals surface area contributed by atoms with Gasteiger partial charge in [-0.3, -0.25) is 0 Å². The van der Waals surface area contributed by atoms with E-state index in [1.165, 1.54) is 12.1 Å². The molecule has 2 rings (SSSR count). The molecule has 0 amide bonds. The van der Waals surface area contributed by atoms with Crippen LogP contribution >= 0.6 is 0 Å². The largest absolute Gasteiger partial charge is 0.573 e. The average Bonchev–Trinajstić information content (AvgIpc) is 2.35. The van der Waals surface area contributed by atoms with Gasteiger partial charge in [0.05, 0.1) is 0 Å². The maximum Gasteiger partial charge on any atom is 0.573 e. The van der Waals surface area contributed by atoms with Crippen molar-refractivity contribution < 1.29 is 40.9 Å². The summed E-state index contributed by atoms with van der Waals surface area (Å²) in [4.78, 5) is 0. The summed E-state index contributed by atoms with van der Waals surface area (Å²) in [6.07, 6.45) is -9.96. The number of phenols is 1. The Hall–Kier alpha value is -2.58. The van der Waals surface area contributed by atoms with Gasteiger partial charge < -0.3 is 14.6 Å². The van der Waals surface area contributed by atoms with Gasteiger partial charge in [-0.2, -0.15) is 0 Å². The molecule has 23 heavy (non-hydrogen) atoms. The van der Waals surface area contributed by atoms with Crippen molar-refractivity contribution in [2.24, 2.45) is 0 Å².